The molecule has 0 bridgehead atoms. The van der Waals surface area contributed by atoms with Gasteiger partial charge in [-0.05, 0) is 41.8 Å². The average molecular weight is 518 g/mol. The number of aromatic nitrogens is 2. The van der Waals surface area contributed by atoms with Gasteiger partial charge >= 0.3 is 0 Å². The first-order chi connectivity index (χ1) is 17.7. The van der Waals surface area contributed by atoms with Crippen LogP contribution < -0.4 is 21.3 Å². The summed E-state index contributed by atoms with van der Waals surface area (Å²) in [5.74, 6) is -0.0354. The third-order valence-electron chi connectivity index (χ3n) is 5.80. The molecule has 2 heterocycles. The molecular formula is C27H27N5O4S. The van der Waals surface area contributed by atoms with E-state index in [-0.39, 0.29) is 18.8 Å². The molecule has 1 amide bonds. The molecule has 0 saturated carbocycles. The van der Waals surface area contributed by atoms with Gasteiger partial charge in [0.05, 0.1) is 0 Å². The van der Waals surface area contributed by atoms with Crippen molar-refractivity contribution in [1.82, 2.24) is 14.9 Å². The van der Waals surface area contributed by atoms with E-state index in [2.05, 4.69) is 15.0 Å². The van der Waals surface area contributed by atoms with E-state index >= 15 is 0 Å². The highest BCUT2D eigenvalue weighted by molar-refractivity contribution is 7.93. The summed E-state index contributed by atoms with van der Waals surface area (Å²) in [6.45, 7) is 1.61. The quantitative estimate of drug-likeness (QED) is 0.312. The normalized spacial score (nSPS) is 11.3. The zero-order chi connectivity index (χ0) is 26.4. The maximum Gasteiger partial charge on any atom is 0.275 e. The Morgan fingerprint density at radius 3 is 2.14 bits per heavy atom. The second-order valence-corrected chi connectivity index (χ2v) is 10.3. The monoisotopic (exact) mass is 517 g/mol. The van der Waals surface area contributed by atoms with Crippen LogP contribution in [0.25, 0.3) is 0 Å². The Balaban J connectivity index is 1.58. The summed E-state index contributed by atoms with van der Waals surface area (Å²) in [4.78, 5) is 29.8. The summed E-state index contributed by atoms with van der Waals surface area (Å²) >= 11 is 0. The fourth-order valence-corrected chi connectivity index (χ4v) is 5.51. The molecule has 4 rings (SSSR count). The molecule has 37 heavy (non-hydrogen) atoms. The molecule has 0 saturated heterocycles. The zero-order valence-electron chi connectivity index (χ0n) is 20.2. The minimum atomic E-state index is -4.09. The summed E-state index contributed by atoms with van der Waals surface area (Å²) in [6.07, 6.45) is 1.55. The van der Waals surface area contributed by atoms with E-state index < -0.39 is 26.7 Å². The number of hydrogen-bond donors (Lipinski definition) is 3. The Bertz CT molecular complexity index is 1500. The number of aryl methyl sites for hydroxylation is 1. The van der Waals surface area contributed by atoms with Crippen molar-refractivity contribution >= 4 is 27.4 Å². The maximum absolute atomic E-state index is 13.6. The van der Waals surface area contributed by atoms with Crippen molar-refractivity contribution in [3.8, 4) is 0 Å². The number of nitrogen functional groups attached to an aromatic ring is 1. The summed E-state index contributed by atoms with van der Waals surface area (Å²) in [7, 11) is -4.09. The lowest BCUT2D eigenvalue weighted by Crippen LogP contribution is -2.35. The van der Waals surface area contributed by atoms with E-state index in [1.54, 1.807) is 92.0 Å². The van der Waals surface area contributed by atoms with Gasteiger partial charge in [-0.25, -0.2) is 13.4 Å². The maximum atomic E-state index is 13.6. The number of benzene rings is 2. The number of carbonyl (C=O) groups excluding carboxylic acids is 1. The molecule has 0 aliphatic carbocycles. The molecule has 2 aromatic heterocycles. The van der Waals surface area contributed by atoms with Crippen LogP contribution in [0.3, 0.4) is 0 Å². The van der Waals surface area contributed by atoms with Crippen LogP contribution in [0, 0.1) is 6.92 Å². The van der Waals surface area contributed by atoms with Crippen LogP contribution in [-0.2, 0) is 27.9 Å². The standard InChI is InChI=1S/C27H27N5O4S/c1-19-12-14-23(27(34)32(19)18-25(33)30-17-20-13-15-24(28)29-16-20)31-37(35,36)26(21-8-4-2-5-9-21)22-10-6-3-7-11-22/h2-16,26,31H,17-18H2,1H3,(H2,28,29)(H,30,33). The van der Waals surface area contributed by atoms with Crippen molar-refractivity contribution in [3.63, 3.8) is 0 Å². The van der Waals surface area contributed by atoms with Gasteiger partial charge in [0.2, 0.25) is 15.9 Å². The van der Waals surface area contributed by atoms with Gasteiger partial charge in [-0.15, -0.1) is 0 Å². The predicted molar refractivity (Wildman–Crippen MR) is 143 cm³/mol. The Morgan fingerprint density at radius 2 is 1.57 bits per heavy atom. The van der Waals surface area contributed by atoms with Crippen LogP contribution in [0.2, 0.25) is 0 Å². The molecule has 0 fully saturated rings. The first kappa shape index (κ1) is 25.6. The average Bonchev–Trinajstić information content (AvgIpc) is 2.89. The molecule has 4 N–H and O–H groups in total. The van der Waals surface area contributed by atoms with Gasteiger partial charge in [-0.2, -0.15) is 0 Å². The molecule has 10 heteroatoms. The third kappa shape index (κ3) is 6.22. The molecule has 190 valence electrons. The molecule has 4 aromatic rings. The first-order valence-electron chi connectivity index (χ1n) is 11.5. The summed E-state index contributed by atoms with van der Waals surface area (Å²) in [6, 6.07) is 23.9. The van der Waals surface area contributed by atoms with Crippen LogP contribution in [-0.4, -0.2) is 23.9 Å². The van der Waals surface area contributed by atoms with Crippen LogP contribution in [0.15, 0.2) is 95.9 Å². The van der Waals surface area contributed by atoms with Crippen molar-refractivity contribution < 1.29 is 13.2 Å². The zero-order valence-corrected chi connectivity index (χ0v) is 21.0. The summed E-state index contributed by atoms with van der Waals surface area (Å²) < 4.78 is 30.9. The van der Waals surface area contributed by atoms with Gasteiger partial charge in [-0.3, -0.25) is 14.3 Å². The molecule has 9 nitrogen and oxygen atoms in total. The lowest BCUT2D eigenvalue weighted by Gasteiger charge is -2.20. The van der Waals surface area contributed by atoms with Crippen LogP contribution in [0.4, 0.5) is 11.5 Å². The van der Waals surface area contributed by atoms with E-state index in [1.807, 2.05) is 0 Å². The Labute approximate surface area is 215 Å². The number of amides is 1. The van der Waals surface area contributed by atoms with Crippen LogP contribution in [0.5, 0.6) is 0 Å². The van der Waals surface area contributed by atoms with Gasteiger partial charge < -0.3 is 15.6 Å². The predicted octanol–water partition coefficient (Wildman–Crippen LogP) is 2.98. The van der Waals surface area contributed by atoms with Crippen LogP contribution in [0.1, 0.15) is 27.6 Å². The summed E-state index contributed by atoms with van der Waals surface area (Å²) in [5.41, 5.74) is 7.20. The number of rotatable bonds is 9. The SMILES string of the molecule is Cc1ccc(NS(=O)(=O)C(c2ccccc2)c2ccccc2)c(=O)n1CC(=O)NCc1ccc(N)nc1. The topological polar surface area (TPSA) is 136 Å². The molecule has 0 atom stereocenters. The van der Waals surface area contributed by atoms with Gasteiger partial charge in [0.25, 0.3) is 5.56 Å². The highest BCUT2D eigenvalue weighted by Crippen LogP contribution is 2.31. The molecule has 0 radical (unpaired) electrons. The lowest BCUT2D eigenvalue weighted by molar-refractivity contribution is -0.121. The van der Waals surface area contributed by atoms with Gasteiger partial charge in [0.15, 0.2) is 0 Å². The fourth-order valence-electron chi connectivity index (χ4n) is 3.90. The summed E-state index contributed by atoms with van der Waals surface area (Å²) in [5, 5.41) is 1.69. The van der Waals surface area contributed by atoms with Gasteiger partial charge in [0, 0.05) is 18.4 Å². The number of pyridine rings is 2. The number of sulfonamides is 1. The van der Waals surface area contributed by atoms with Crippen LogP contribution >= 0.6 is 0 Å². The second-order valence-electron chi connectivity index (χ2n) is 8.50. The molecule has 0 aliphatic rings. The van der Waals surface area contributed by atoms with Crippen molar-refractivity contribution in [1.29, 1.82) is 0 Å². The second kappa shape index (κ2) is 11.1. The van der Waals surface area contributed by atoms with E-state index in [9.17, 15) is 18.0 Å². The molecule has 0 unspecified atom stereocenters. The van der Waals surface area contributed by atoms with Crippen molar-refractivity contribution in [2.75, 3.05) is 10.5 Å². The molecule has 0 aliphatic heterocycles. The van der Waals surface area contributed by atoms with E-state index in [0.29, 0.717) is 22.6 Å². The number of anilines is 2. The largest absolute Gasteiger partial charge is 0.384 e. The Morgan fingerprint density at radius 1 is 0.946 bits per heavy atom. The lowest BCUT2D eigenvalue weighted by atomic mass is 10.0. The number of nitrogens with two attached hydrogens (primary N) is 1. The number of nitrogens with one attached hydrogen (secondary N) is 2. The first-order valence-corrected chi connectivity index (χ1v) is 13.1. The number of carbonyl (C=O) groups is 1. The van der Waals surface area contributed by atoms with E-state index in [1.165, 1.54) is 10.6 Å². The van der Waals surface area contributed by atoms with Crippen molar-refractivity contribution in [2.45, 2.75) is 25.3 Å². The molecule has 0 spiro atoms. The fraction of sp³-hybridized carbons (Fsp3) is 0.148. The minimum absolute atomic E-state index is 0.141. The molecule has 2 aromatic carbocycles. The van der Waals surface area contributed by atoms with Crippen molar-refractivity contribution in [2.24, 2.45) is 0 Å². The highest BCUT2D eigenvalue weighted by Gasteiger charge is 2.30. The Hall–Kier alpha value is -4.44. The third-order valence-corrected chi connectivity index (χ3v) is 7.47. The van der Waals surface area contributed by atoms with Gasteiger partial charge in [-0.1, -0.05) is 66.7 Å². The van der Waals surface area contributed by atoms with Gasteiger partial charge in [0.1, 0.15) is 23.3 Å². The Kier molecular flexibility index (Phi) is 7.69. The van der Waals surface area contributed by atoms with E-state index in [0.717, 1.165) is 5.56 Å². The van der Waals surface area contributed by atoms with E-state index in [4.69, 9.17) is 5.73 Å². The molecular weight excluding hydrogens is 490 g/mol. The number of nitrogens with zero attached hydrogens (tertiary/aromatic N) is 2. The number of hydrogen-bond acceptors (Lipinski definition) is 6. The van der Waals surface area contributed by atoms with Crippen molar-refractivity contribution in [3.05, 3.63) is 124 Å². The highest BCUT2D eigenvalue weighted by atomic mass is 32.2. The smallest absolute Gasteiger partial charge is 0.275 e. The minimum Gasteiger partial charge on any atom is -0.384 e.